The molecule has 1 heterocycles. The zero-order valence-electron chi connectivity index (χ0n) is 6.48. The van der Waals surface area contributed by atoms with Crippen molar-refractivity contribution in [3.05, 3.63) is 39.8 Å². The molecule has 0 N–H and O–H groups in total. The molecular formula is C8H5Br2N3. The van der Waals surface area contributed by atoms with E-state index in [0.29, 0.717) is 4.73 Å². The Hall–Kier alpha value is -0.680. The number of para-hydroxylation sites is 1. The molecule has 0 atom stereocenters. The van der Waals surface area contributed by atoms with Gasteiger partial charge in [0.1, 0.15) is 6.33 Å². The molecule has 0 amide bonds. The summed E-state index contributed by atoms with van der Waals surface area (Å²) in [5.74, 6) is 0. The first kappa shape index (κ1) is 8.90. The minimum atomic E-state index is 0.694. The van der Waals surface area contributed by atoms with Crippen LogP contribution in [0, 0.1) is 0 Å². The van der Waals surface area contributed by atoms with Gasteiger partial charge in [0.2, 0.25) is 4.73 Å². The Balaban J connectivity index is 2.59. The molecule has 0 unspecified atom stereocenters. The fraction of sp³-hybridized carbons (Fsp3) is 0. The van der Waals surface area contributed by atoms with Crippen LogP contribution in [-0.2, 0) is 0 Å². The Morgan fingerprint density at radius 3 is 2.54 bits per heavy atom. The zero-order chi connectivity index (χ0) is 9.26. The molecule has 1 aromatic heterocycles. The van der Waals surface area contributed by atoms with Crippen LogP contribution >= 0.6 is 31.9 Å². The van der Waals surface area contributed by atoms with Gasteiger partial charge in [0.05, 0.1) is 5.69 Å². The van der Waals surface area contributed by atoms with Crippen LogP contribution in [0.2, 0.25) is 0 Å². The largest absolute Gasteiger partial charge is 0.275 e. The lowest BCUT2D eigenvalue weighted by Gasteiger charge is -2.04. The van der Waals surface area contributed by atoms with E-state index in [9.17, 15) is 0 Å². The lowest BCUT2D eigenvalue weighted by atomic mass is 10.3. The predicted molar refractivity (Wildman–Crippen MR) is 56.8 cm³/mol. The van der Waals surface area contributed by atoms with Crippen molar-refractivity contribution in [3.63, 3.8) is 0 Å². The van der Waals surface area contributed by atoms with Crippen molar-refractivity contribution < 1.29 is 0 Å². The van der Waals surface area contributed by atoms with E-state index in [1.165, 1.54) is 0 Å². The van der Waals surface area contributed by atoms with Crippen molar-refractivity contribution in [2.24, 2.45) is 0 Å². The molecule has 1 aromatic carbocycles. The SMILES string of the molecule is Brc1ccccc1-n1cnnc1Br. The highest BCUT2D eigenvalue weighted by Crippen LogP contribution is 2.22. The van der Waals surface area contributed by atoms with Gasteiger partial charge in [0.25, 0.3) is 0 Å². The van der Waals surface area contributed by atoms with Crippen LogP contribution < -0.4 is 0 Å². The maximum Gasteiger partial charge on any atom is 0.204 e. The molecule has 0 aliphatic carbocycles. The second-order valence-corrected chi connectivity index (χ2v) is 3.99. The Labute approximate surface area is 92.1 Å². The molecule has 0 spiro atoms. The summed E-state index contributed by atoms with van der Waals surface area (Å²) in [6.07, 6.45) is 1.66. The number of hydrogen-bond donors (Lipinski definition) is 0. The van der Waals surface area contributed by atoms with Crippen molar-refractivity contribution >= 4 is 31.9 Å². The summed E-state index contributed by atoms with van der Waals surface area (Å²) in [5.41, 5.74) is 1.01. The Morgan fingerprint density at radius 2 is 1.92 bits per heavy atom. The standard InChI is InChI=1S/C8H5Br2N3/c9-6-3-1-2-4-7(6)13-5-11-12-8(13)10/h1-5H. The van der Waals surface area contributed by atoms with Crippen molar-refractivity contribution in [2.75, 3.05) is 0 Å². The van der Waals surface area contributed by atoms with E-state index in [-0.39, 0.29) is 0 Å². The molecule has 66 valence electrons. The van der Waals surface area contributed by atoms with Crippen molar-refractivity contribution in [1.82, 2.24) is 14.8 Å². The van der Waals surface area contributed by atoms with Crippen LogP contribution in [0.4, 0.5) is 0 Å². The van der Waals surface area contributed by atoms with E-state index < -0.39 is 0 Å². The molecule has 0 saturated heterocycles. The van der Waals surface area contributed by atoms with E-state index in [2.05, 4.69) is 42.1 Å². The average molecular weight is 303 g/mol. The van der Waals surface area contributed by atoms with E-state index in [4.69, 9.17) is 0 Å². The molecule has 2 aromatic rings. The van der Waals surface area contributed by atoms with Crippen molar-refractivity contribution in [2.45, 2.75) is 0 Å². The minimum absolute atomic E-state index is 0.694. The number of aromatic nitrogens is 3. The first-order valence-corrected chi connectivity index (χ1v) is 5.18. The minimum Gasteiger partial charge on any atom is -0.275 e. The molecule has 5 heteroatoms. The number of halogens is 2. The molecular weight excluding hydrogens is 298 g/mol. The maximum absolute atomic E-state index is 3.84. The van der Waals surface area contributed by atoms with E-state index in [1.54, 1.807) is 6.33 Å². The van der Waals surface area contributed by atoms with Crippen LogP contribution in [0.25, 0.3) is 5.69 Å². The van der Waals surface area contributed by atoms with E-state index in [1.807, 2.05) is 28.8 Å². The normalized spacial score (nSPS) is 10.3. The lowest BCUT2D eigenvalue weighted by molar-refractivity contribution is 1.01. The highest BCUT2D eigenvalue weighted by atomic mass is 79.9. The van der Waals surface area contributed by atoms with Gasteiger partial charge in [-0.3, -0.25) is 4.57 Å². The van der Waals surface area contributed by atoms with Gasteiger partial charge in [0.15, 0.2) is 0 Å². The Kier molecular flexibility index (Phi) is 2.46. The third-order valence-corrected chi connectivity index (χ3v) is 2.83. The topological polar surface area (TPSA) is 30.7 Å². The monoisotopic (exact) mass is 301 g/mol. The molecule has 13 heavy (non-hydrogen) atoms. The number of nitrogens with zero attached hydrogens (tertiary/aromatic N) is 3. The van der Waals surface area contributed by atoms with Gasteiger partial charge in [0, 0.05) is 4.47 Å². The van der Waals surface area contributed by atoms with Crippen LogP contribution in [0.1, 0.15) is 0 Å². The van der Waals surface area contributed by atoms with Gasteiger partial charge in [-0.15, -0.1) is 10.2 Å². The van der Waals surface area contributed by atoms with Crippen molar-refractivity contribution in [1.29, 1.82) is 0 Å². The van der Waals surface area contributed by atoms with Crippen LogP contribution in [-0.4, -0.2) is 14.8 Å². The molecule has 3 nitrogen and oxygen atoms in total. The van der Waals surface area contributed by atoms with Gasteiger partial charge in [-0.2, -0.15) is 0 Å². The number of rotatable bonds is 1. The Morgan fingerprint density at radius 1 is 1.15 bits per heavy atom. The molecule has 0 radical (unpaired) electrons. The third kappa shape index (κ3) is 1.66. The van der Waals surface area contributed by atoms with Gasteiger partial charge >= 0.3 is 0 Å². The molecule has 0 fully saturated rings. The highest BCUT2D eigenvalue weighted by molar-refractivity contribution is 9.10. The second kappa shape index (κ2) is 3.59. The Bertz CT molecular complexity index is 425. The fourth-order valence-corrected chi connectivity index (χ4v) is 1.88. The fourth-order valence-electron chi connectivity index (χ4n) is 1.03. The average Bonchev–Trinajstić information content (AvgIpc) is 2.52. The van der Waals surface area contributed by atoms with Gasteiger partial charge < -0.3 is 0 Å². The number of hydrogen-bond acceptors (Lipinski definition) is 2. The summed E-state index contributed by atoms with van der Waals surface area (Å²) >= 11 is 6.76. The van der Waals surface area contributed by atoms with Crippen LogP contribution in [0.5, 0.6) is 0 Å². The smallest absolute Gasteiger partial charge is 0.204 e. The van der Waals surface area contributed by atoms with E-state index >= 15 is 0 Å². The molecule has 0 saturated carbocycles. The molecule has 0 aliphatic rings. The van der Waals surface area contributed by atoms with Crippen LogP contribution in [0.3, 0.4) is 0 Å². The zero-order valence-corrected chi connectivity index (χ0v) is 9.66. The predicted octanol–water partition coefficient (Wildman–Crippen LogP) is 2.79. The summed E-state index contributed by atoms with van der Waals surface area (Å²) in [7, 11) is 0. The quantitative estimate of drug-likeness (QED) is 0.811. The van der Waals surface area contributed by atoms with Gasteiger partial charge in [-0.1, -0.05) is 12.1 Å². The van der Waals surface area contributed by atoms with Gasteiger partial charge in [-0.25, -0.2) is 0 Å². The van der Waals surface area contributed by atoms with Crippen molar-refractivity contribution in [3.8, 4) is 5.69 Å². The summed E-state index contributed by atoms with van der Waals surface area (Å²) in [6.45, 7) is 0. The third-order valence-electron chi connectivity index (χ3n) is 1.62. The van der Waals surface area contributed by atoms with Crippen LogP contribution in [0.15, 0.2) is 39.8 Å². The first-order chi connectivity index (χ1) is 6.29. The second-order valence-electron chi connectivity index (χ2n) is 2.42. The summed E-state index contributed by atoms with van der Waals surface area (Å²) in [5, 5.41) is 7.63. The number of benzene rings is 1. The summed E-state index contributed by atoms with van der Waals surface area (Å²) in [4.78, 5) is 0. The highest BCUT2D eigenvalue weighted by Gasteiger charge is 2.04. The molecule has 0 aliphatic heterocycles. The molecule has 0 bridgehead atoms. The maximum atomic E-state index is 3.84. The first-order valence-electron chi connectivity index (χ1n) is 3.59. The summed E-state index contributed by atoms with van der Waals surface area (Å²) in [6, 6.07) is 7.89. The summed E-state index contributed by atoms with van der Waals surface area (Å²) < 4.78 is 3.55. The molecule has 2 rings (SSSR count). The lowest BCUT2D eigenvalue weighted by Crippen LogP contribution is -1.93. The van der Waals surface area contributed by atoms with Gasteiger partial charge in [-0.05, 0) is 44.0 Å². The van der Waals surface area contributed by atoms with E-state index in [0.717, 1.165) is 10.2 Å².